The molecule has 0 fully saturated rings. The molecule has 1 aromatic rings. The predicted molar refractivity (Wildman–Crippen MR) is 81.3 cm³/mol. The van der Waals surface area contributed by atoms with Crippen molar-refractivity contribution in [3.05, 3.63) is 23.3 Å². The molecule has 0 saturated carbocycles. The molecule has 0 atom stereocenters. The molecule has 0 heterocycles. The van der Waals surface area contributed by atoms with Gasteiger partial charge in [0.2, 0.25) is 0 Å². The van der Waals surface area contributed by atoms with Crippen LogP contribution >= 0.6 is 18.9 Å². The van der Waals surface area contributed by atoms with Crippen LogP contribution in [0.2, 0.25) is 0 Å². The number of nitrogens with one attached hydrogen (secondary N) is 1. The quantitative estimate of drug-likeness (QED) is 0.648. The van der Waals surface area contributed by atoms with E-state index in [9.17, 15) is 14.5 Å². The van der Waals surface area contributed by atoms with Gasteiger partial charge in [-0.25, -0.2) is 0 Å². The number of hydrogen-bond donors (Lipinski definition) is 2. The van der Waals surface area contributed by atoms with E-state index in [1.807, 2.05) is 0 Å². The first kappa shape index (κ1) is 16.1. The minimum Gasteiger partial charge on any atom is -0.508 e. The maximum Gasteiger partial charge on any atom is 0.252 e. The first-order valence-electron chi connectivity index (χ1n) is 5.97. The lowest BCUT2D eigenvalue weighted by Crippen LogP contribution is -2.20. The summed E-state index contributed by atoms with van der Waals surface area (Å²) in [6.45, 7) is 5.24. The van der Waals surface area contributed by atoms with E-state index in [0.717, 1.165) is 4.90 Å². The summed E-state index contributed by atoms with van der Waals surface area (Å²) in [5.41, 5.74) is 1.06. The summed E-state index contributed by atoms with van der Waals surface area (Å²) in [7, 11) is -0.479. The molecule has 0 aliphatic heterocycles. The van der Waals surface area contributed by atoms with Gasteiger partial charge in [0.05, 0.1) is 12.7 Å². The molecule has 0 aromatic heterocycles. The van der Waals surface area contributed by atoms with Crippen LogP contribution in [0.3, 0.4) is 0 Å². The highest BCUT2D eigenvalue weighted by Gasteiger charge is 2.17. The molecule has 0 saturated heterocycles. The first-order chi connectivity index (χ1) is 8.76. The van der Waals surface area contributed by atoms with Gasteiger partial charge in [-0.05, 0) is 32.4 Å². The molecule has 1 amide bonds. The molecule has 4 nitrogen and oxygen atoms in total. The van der Waals surface area contributed by atoms with Gasteiger partial charge in [-0.15, -0.1) is 11.8 Å². The number of phenolic OH excluding ortho intramolecular Hbond substituents is 1. The summed E-state index contributed by atoms with van der Waals surface area (Å²) in [5.74, 6) is 0.588. The summed E-state index contributed by atoms with van der Waals surface area (Å²) in [5, 5.41) is 12.3. The van der Waals surface area contributed by atoms with Gasteiger partial charge in [0.15, 0.2) is 0 Å². The maximum absolute atomic E-state index is 11.9. The van der Waals surface area contributed by atoms with Gasteiger partial charge < -0.3 is 15.0 Å². The van der Waals surface area contributed by atoms with Gasteiger partial charge in [-0.3, -0.25) is 4.79 Å². The summed E-state index contributed by atoms with van der Waals surface area (Å²) in [6, 6.07) is 3.31. The predicted octanol–water partition coefficient (Wildman–Crippen LogP) is 2.78. The standard InChI is InChI=1S/C13H20NO3PS/c1-9-10(15)5-6-11(12(9)13(16)14-2)19-8-7-18(3,4)17/h5-6,15H,7-8H2,1-4H3,(H,14,16). The normalized spacial score (nSPS) is 11.4. The highest BCUT2D eigenvalue weighted by molar-refractivity contribution is 7.99. The Balaban J connectivity index is 2.97. The molecule has 0 aliphatic carbocycles. The zero-order valence-corrected chi connectivity index (χ0v) is 13.4. The summed E-state index contributed by atoms with van der Waals surface area (Å²) in [4.78, 5) is 12.7. The molecule has 0 bridgehead atoms. The highest BCUT2D eigenvalue weighted by atomic mass is 32.2. The van der Waals surface area contributed by atoms with Crippen molar-refractivity contribution in [3.8, 4) is 5.75 Å². The molecule has 6 heteroatoms. The highest BCUT2D eigenvalue weighted by Crippen LogP contribution is 2.38. The zero-order valence-electron chi connectivity index (χ0n) is 11.7. The largest absolute Gasteiger partial charge is 0.508 e. The number of amides is 1. The van der Waals surface area contributed by atoms with Crippen LogP contribution in [0.15, 0.2) is 17.0 Å². The van der Waals surface area contributed by atoms with Gasteiger partial charge in [0.25, 0.3) is 5.91 Å². The van der Waals surface area contributed by atoms with Crippen LogP contribution in [0, 0.1) is 6.92 Å². The Hall–Kier alpha value is -0.930. The number of benzene rings is 1. The topological polar surface area (TPSA) is 66.4 Å². The van der Waals surface area contributed by atoms with Crippen molar-refractivity contribution in [2.75, 3.05) is 32.3 Å². The molecule has 0 aliphatic rings. The Labute approximate surface area is 118 Å². The smallest absolute Gasteiger partial charge is 0.252 e. The Bertz CT molecular complexity index is 525. The SMILES string of the molecule is CNC(=O)c1c(SCCP(C)(C)=O)ccc(O)c1C. The molecule has 2 N–H and O–H groups in total. The van der Waals surface area contributed by atoms with E-state index in [-0.39, 0.29) is 11.7 Å². The van der Waals surface area contributed by atoms with Gasteiger partial charge in [0, 0.05) is 29.4 Å². The number of thioether (sulfide) groups is 1. The van der Waals surface area contributed by atoms with Crippen molar-refractivity contribution in [2.45, 2.75) is 11.8 Å². The monoisotopic (exact) mass is 301 g/mol. The average molecular weight is 301 g/mol. The third-order valence-electron chi connectivity index (χ3n) is 2.74. The van der Waals surface area contributed by atoms with E-state index < -0.39 is 7.14 Å². The number of rotatable bonds is 5. The van der Waals surface area contributed by atoms with E-state index in [2.05, 4.69) is 5.32 Å². The number of phenols is 1. The van der Waals surface area contributed by atoms with Gasteiger partial charge in [0.1, 0.15) is 5.75 Å². The van der Waals surface area contributed by atoms with E-state index in [1.165, 1.54) is 11.8 Å². The van der Waals surface area contributed by atoms with Crippen molar-refractivity contribution in [3.63, 3.8) is 0 Å². The molecule has 19 heavy (non-hydrogen) atoms. The zero-order chi connectivity index (χ0) is 14.6. The van der Waals surface area contributed by atoms with Gasteiger partial charge in [-0.2, -0.15) is 0 Å². The fraction of sp³-hybridized carbons (Fsp3) is 0.462. The van der Waals surface area contributed by atoms with Crippen LogP contribution < -0.4 is 5.32 Å². The second-order valence-corrected chi connectivity index (χ2v) is 9.54. The minimum atomic E-state index is -2.04. The third kappa shape index (κ3) is 4.59. The van der Waals surface area contributed by atoms with Gasteiger partial charge >= 0.3 is 0 Å². The first-order valence-corrected chi connectivity index (χ1v) is 9.75. The van der Waals surface area contributed by atoms with Crippen LogP contribution in [0.1, 0.15) is 15.9 Å². The van der Waals surface area contributed by atoms with Crippen molar-refractivity contribution in [1.29, 1.82) is 0 Å². The lowest BCUT2D eigenvalue weighted by atomic mass is 10.1. The fourth-order valence-electron chi connectivity index (χ4n) is 1.58. The molecule has 0 radical (unpaired) electrons. The lowest BCUT2D eigenvalue weighted by Gasteiger charge is -2.13. The van der Waals surface area contributed by atoms with E-state index >= 15 is 0 Å². The van der Waals surface area contributed by atoms with Crippen molar-refractivity contribution < 1.29 is 14.5 Å². The van der Waals surface area contributed by atoms with Crippen molar-refractivity contribution >= 4 is 24.8 Å². The van der Waals surface area contributed by atoms with Crippen LogP contribution in [-0.4, -0.2) is 43.3 Å². The Morgan fingerprint density at radius 2 is 2.05 bits per heavy atom. The van der Waals surface area contributed by atoms with E-state index in [0.29, 0.717) is 23.0 Å². The molecular weight excluding hydrogens is 281 g/mol. The molecular formula is C13H20NO3PS. The van der Waals surface area contributed by atoms with Crippen LogP contribution in [-0.2, 0) is 4.57 Å². The maximum atomic E-state index is 11.9. The Morgan fingerprint density at radius 1 is 1.42 bits per heavy atom. The average Bonchev–Trinajstić information content (AvgIpc) is 2.31. The Kier molecular flexibility index (Phi) is 5.50. The molecule has 106 valence electrons. The minimum absolute atomic E-state index is 0.111. The fourth-order valence-corrected chi connectivity index (χ4v) is 4.48. The number of carbonyl (C=O) groups excluding carboxylic acids is 1. The molecule has 0 spiro atoms. The molecule has 1 aromatic carbocycles. The van der Waals surface area contributed by atoms with Crippen molar-refractivity contribution in [1.82, 2.24) is 5.32 Å². The van der Waals surface area contributed by atoms with Crippen LogP contribution in [0.5, 0.6) is 5.75 Å². The van der Waals surface area contributed by atoms with E-state index in [4.69, 9.17) is 0 Å². The van der Waals surface area contributed by atoms with Gasteiger partial charge in [-0.1, -0.05) is 0 Å². The number of carbonyl (C=O) groups is 1. The number of hydrogen-bond acceptors (Lipinski definition) is 4. The second-order valence-electron chi connectivity index (χ2n) is 4.81. The second kappa shape index (κ2) is 6.49. The van der Waals surface area contributed by atoms with Crippen LogP contribution in [0.25, 0.3) is 0 Å². The summed E-state index contributed by atoms with van der Waals surface area (Å²) < 4.78 is 11.7. The lowest BCUT2D eigenvalue weighted by molar-refractivity contribution is 0.0959. The van der Waals surface area contributed by atoms with Crippen molar-refractivity contribution in [2.24, 2.45) is 0 Å². The van der Waals surface area contributed by atoms with E-state index in [1.54, 1.807) is 39.4 Å². The Morgan fingerprint density at radius 3 is 2.58 bits per heavy atom. The molecule has 1 rings (SSSR count). The number of aromatic hydroxyl groups is 1. The van der Waals surface area contributed by atoms with Crippen LogP contribution in [0.4, 0.5) is 0 Å². The summed E-state index contributed by atoms with van der Waals surface area (Å²) in [6.07, 6.45) is 0.630. The summed E-state index contributed by atoms with van der Waals surface area (Å²) >= 11 is 1.50. The third-order valence-corrected chi connectivity index (χ3v) is 5.40. The molecule has 0 unspecified atom stereocenters.